The Morgan fingerprint density at radius 3 is 2.50 bits per heavy atom. The summed E-state index contributed by atoms with van der Waals surface area (Å²) in [7, 11) is 0. The van der Waals surface area contributed by atoms with Gasteiger partial charge in [0.1, 0.15) is 0 Å². The second kappa shape index (κ2) is 6.82. The summed E-state index contributed by atoms with van der Waals surface area (Å²) in [6, 6.07) is 17.9. The van der Waals surface area contributed by atoms with Gasteiger partial charge in [-0.15, -0.1) is 0 Å². The van der Waals surface area contributed by atoms with Crippen molar-refractivity contribution in [1.29, 1.82) is 5.26 Å². The van der Waals surface area contributed by atoms with Gasteiger partial charge in [0.2, 0.25) is 0 Å². The number of halogens is 1. The fourth-order valence-corrected chi connectivity index (χ4v) is 3.21. The number of rotatable bonds is 4. The minimum atomic E-state index is 0.685. The van der Waals surface area contributed by atoms with E-state index in [9.17, 15) is 0 Å². The van der Waals surface area contributed by atoms with Crippen LogP contribution in [0.1, 0.15) is 11.1 Å². The number of hydrogen-bond donors (Lipinski definition) is 0. The lowest BCUT2D eigenvalue weighted by Crippen LogP contribution is -1.95. The number of nitrogens with zero attached hydrogens (tertiary/aromatic N) is 3. The highest BCUT2D eigenvalue weighted by Gasteiger charge is 2.06. The third-order valence-corrected chi connectivity index (χ3v) is 4.73. The molecule has 22 heavy (non-hydrogen) atoms. The van der Waals surface area contributed by atoms with Crippen molar-refractivity contribution >= 4 is 27.7 Å². The van der Waals surface area contributed by atoms with Crippen LogP contribution in [-0.4, -0.2) is 9.55 Å². The average molecular weight is 370 g/mol. The lowest BCUT2D eigenvalue weighted by Gasteiger charge is -2.07. The summed E-state index contributed by atoms with van der Waals surface area (Å²) >= 11 is 5.12. The van der Waals surface area contributed by atoms with Crippen LogP contribution in [0.3, 0.4) is 0 Å². The third kappa shape index (κ3) is 3.41. The molecule has 3 aromatic rings. The fourth-order valence-electron chi connectivity index (χ4n) is 2.02. The van der Waals surface area contributed by atoms with Crippen LogP contribution in [-0.2, 0) is 5.75 Å². The summed E-state index contributed by atoms with van der Waals surface area (Å²) in [5.74, 6) is 0.819. The Morgan fingerprint density at radius 1 is 1.09 bits per heavy atom. The van der Waals surface area contributed by atoms with E-state index in [0.717, 1.165) is 21.1 Å². The highest BCUT2D eigenvalue weighted by Crippen LogP contribution is 2.25. The molecule has 0 radical (unpaired) electrons. The van der Waals surface area contributed by atoms with Gasteiger partial charge in [-0.3, -0.25) is 4.57 Å². The molecule has 5 heteroatoms. The lowest BCUT2D eigenvalue weighted by molar-refractivity contribution is 0.895. The van der Waals surface area contributed by atoms with E-state index in [0.29, 0.717) is 5.56 Å². The quantitative estimate of drug-likeness (QED) is 0.620. The first-order chi connectivity index (χ1) is 10.8. The number of aromatic nitrogens is 2. The summed E-state index contributed by atoms with van der Waals surface area (Å²) in [6.07, 6.45) is 3.77. The number of hydrogen-bond acceptors (Lipinski definition) is 3. The Kier molecular flexibility index (Phi) is 4.62. The largest absolute Gasteiger partial charge is 0.295 e. The molecule has 1 heterocycles. The van der Waals surface area contributed by atoms with Gasteiger partial charge in [-0.25, -0.2) is 4.98 Å². The maximum absolute atomic E-state index is 8.82. The Bertz CT molecular complexity index is 801. The number of nitriles is 1. The van der Waals surface area contributed by atoms with Gasteiger partial charge >= 0.3 is 0 Å². The average Bonchev–Trinajstić information content (AvgIpc) is 3.02. The molecule has 0 fully saturated rings. The van der Waals surface area contributed by atoms with Gasteiger partial charge in [-0.05, 0) is 42.0 Å². The van der Waals surface area contributed by atoms with Gasteiger partial charge in [0.05, 0.1) is 11.6 Å². The van der Waals surface area contributed by atoms with Crippen molar-refractivity contribution in [3.8, 4) is 11.8 Å². The molecule has 0 aliphatic heterocycles. The molecule has 0 aliphatic rings. The smallest absolute Gasteiger partial charge is 0.172 e. The number of imidazole rings is 1. The van der Waals surface area contributed by atoms with Crippen molar-refractivity contribution < 1.29 is 0 Å². The van der Waals surface area contributed by atoms with Crippen LogP contribution in [0, 0.1) is 11.3 Å². The molecule has 0 aliphatic carbocycles. The summed E-state index contributed by atoms with van der Waals surface area (Å²) in [4.78, 5) is 4.43. The van der Waals surface area contributed by atoms with E-state index in [1.54, 1.807) is 11.8 Å². The van der Waals surface area contributed by atoms with E-state index < -0.39 is 0 Å². The molecule has 1 aromatic heterocycles. The number of benzene rings is 2. The van der Waals surface area contributed by atoms with E-state index in [-0.39, 0.29) is 0 Å². The van der Waals surface area contributed by atoms with Gasteiger partial charge in [-0.1, -0.05) is 39.8 Å². The molecular weight excluding hydrogens is 358 g/mol. The Morgan fingerprint density at radius 2 is 1.82 bits per heavy atom. The second-order valence-electron chi connectivity index (χ2n) is 4.65. The monoisotopic (exact) mass is 369 g/mol. The molecule has 0 amide bonds. The van der Waals surface area contributed by atoms with Gasteiger partial charge in [-0.2, -0.15) is 5.26 Å². The van der Waals surface area contributed by atoms with Crippen LogP contribution in [0.5, 0.6) is 0 Å². The van der Waals surface area contributed by atoms with Crippen LogP contribution >= 0.6 is 27.7 Å². The van der Waals surface area contributed by atoms with E-state index in [2.05, 4.69) is 43.7 Å². The molecule has 0 saturated carbocycles. The topological polar surface area (TPSA) is 41.6 Å². The van der Waals surface area contributed by atoms with E-state index >= 15 is 0 Å². The first kappa shape index (κ1) is 14.9. The maximum Gasteiger partial charge on any atom is 0.172 e. The van der Waals surface area contributed by atoms with E-state index in [1.165, 1.54) is 5.56 Å². The lowest BCUT2D eigenvalue weighted by atomic mass is 10.2. The Hall–Kier alpha value is -2.03. The minimum absolute atomic E-state index is 0.685. The molecule has 2 aromatic carbocycles. The first-order valence-corrected chi connectivity index (χ1v) is 8.45. The van der Waals surface area contributed by atoms with Crippen molar-refractivity contribution in [3.63, 3.8) is 0 Å². The standard InChI is InChI=1S/C17H12BrN3S/c18-15-5-7-16(8-6-15)21-10-9-20-17(21)22-12-14-3-1-13(11-19)2-4-14/h1-10H,12H2. The van der Waals surface area contributed by atoms with Crippen molar-refractivity contribution in [3.05, 3.63) is 76.5 Å². The summed E-state index contributed by atoms with van der Waals surface area (Å²) in [6.45, 7) is 0. The van der Waals surface area contributed by atoms with Crippen LogP contribution in [0.15, 0.2) is 70.6 Å². The third-order valence-electron chi connectivity index (χ3n) is 3.16. The van der Waals surface area contributed by atoms with Crippen molar-refractivity contribution in [2.45, 2.75) is 10.9 Å². The van der Waals surface area contributed by atoms with Crippen LogP contribution in [0.2, 0.25) is 0 Å². The molecule has 0 spiro atoms. The SMILES string of the molecule is N#Cc1ccc(CSc2nccn2-c2ccc(Br)cc2)cc1. The Labute approximate surface area is 141 Å². The summed E-state index contributed by atoms with van der Waals surface area (Å²) in [5.41, 5.74) is 2.95. The molecule has 108 valence electrons. The van der Waals surface area contributed by atoms with E-state index in [1.807, 2.05) is 48.8 Å². The summed E-state index contributed by atoms with van der Waals surface area (Å²) in [5, 5.41) is 9.77. The minimum Gasteiger partial charge on any atom is -0.295 e. The molecule has 3 nitrogen and oxygen atoms in total. The van der Waals surface area contributed by atoms with Crippen molar-refractivity contribution in [1.82, 2.24) is 9.55 Å². The maximum atomic E-state index is 8.82. The van der Waals surface area contributed by atoms with Gasteiger partial charge in [0.25, 0.3) is 0 Å². The highest BCUT2D eigenvalue weighted by molar-refractivity contribution is 9.10. The van der Waals surface area contributed by atoms with E-state index in [4.69, 9.17) is 5.26 Å². The second-order valence-corrected chi connectivity index (χ2v) is 6.51. The van der Waals surface area contributed by atoms with Crippen molar-refractivity contribution in [2.24, 2.45) is 0 Å². The van der Waals surface area contributed by atoms with Gasteiger partial charge < -0.3 is 0 Å². The Balaban J connectivity index is 1.75. The van der Waals surface area contributed by atoms with Crippen LogP contribution in [0.4, 0.5) is 0 Å². The molecule has 3 rings (SSSR count). The highest BCUT2D eigenvalue weighted by atomic mass is 79.9. The van der Waals surface area contributed by atoms with Crippen molar-refractivity contribution in [2.75, 3.05) is 0 Å². The summed E-state index contributed by atoms with van der Waals surface area (Å²) < 4.78 is 3.13. The van der Waals surface area contributed by atoms with Gasteiger partial charge in [0, 0.05) is 28.3 Å². The number of thioether (sulfide) groups is 1. The van der Waals surface area contributed by atoms with Crippen LogP contribution in [0.25, 0.3) is 5.69 Å². The molecule has 0 atom stereocenters. The zero-order valence-electron chi connectivity index (χ0n) is 11.6. The zero-order chi connectivity index (χ0) is 15.4. The molecular formula is C17H12BrN3S. The van der Waals surface area contributed by atoms with Crippen LogP contribution < -0.4 is 0 Å². The molecule has 0 unspecified atom stereocenters. The predicted octanol–water partition coefficient (Wildman–Crippen LogP) is 4.80. The zero-order valence-corrected chi connectivity index (χ0v) is 14.0. The molecule has 0 N–H and O–H groups in total. The van der Waals surface area contributed by atoms with Gasteiger partial charge in [0.15, 0.2) is 5.16 Å². The normalized spacial score (nSPS) is 10.4. The molecule has 0 bridgehead atoms. The first-order valence-electron chi connectivity index (χ1n) is 6.67. The predicted molar refractivity (Wildman–Crippen MR) is 92.0 cm³/mol. The fraction of sp³-hybridized carbons (Fsp3) is 0.0588. The molecule has 0 saturated heterocycles.